The SMILES string of the molecule is CCOC(=O)C(C)CN(C)CCC(C)O. The molecule has 2 atom stereocenters. The highest BCUT2D eigenvalue weighted by Gasteiger charge is 2.15. The zero-order valence-electron chi connectivity index (χ0n) is 10.2. The summed E-state index contributed by atoms with van der Waals surface area (Å²) in [6, 6.07) is 0. The van der Waals surface area contributed by atoms with Gasteiger partial charge in [0.15, 0.2) is 0 Å². The van der Waals surface area contributed by atoms with Crippen molar-refractivity contribution in [2.75, 3.05) is 26.7 Å². The van der Waals surface area contributed by atoms with Gasteiger partial charge in [-0.1, -0.05) is 6.92 Å². The van der Waals surface area contributed by atoms with Gasteiger partial charge in [0.05, 0.1) is 18.6 Å². The second-order valence-corrected chi connectivity index (χ2v) is 4.05. The van der Waals surface area contributed by atoms with E-state index >= 15 is 0 Å². The summed E-state index contributed by atoms with van der Waals surface area (Å²) in [5.41, 5.74) is 0. The van der Waals surface area contributed by atoms with Crippen molar-refractivity contribution >= 4 is 5.97 Å². The first-order valence-corrected chi connectivity index (χ1v) is 5.50. The molecule has 0 aromatic heterocycles. The highest BCUT2D eigenvalue weighted by atomic mass is 16.5. The van der Waals surface area contributed by atoms with Gasteiger partial charge in [-0.25, -0.2) is 0 Å². The molecule has 0 aliphatic rings. The Morgan fingerprint density at radius 3 is 2.53 bits per heavy atom. The average molecular weight is 217 g/mol. The molecular weight excluding hydrogens is 194 g/mol. The lowest BCUT2D eigenvalue weighted by atomic mass is 10.1. The molecule has 0 spiro atoms. The Hall–Kier alpha value is -0.610. The third kappa shape index (κ3) is 7.33. The molecule has 0 bridgehead atoms. The van der Waals surface area contributed by atoms with E-state index in [-0.39, 0.29) is 18.0 Å². The van der Waals surface area contributed by atoms with Gasteiger partial charge in [-0.05, 0) is 27.3 Å². The molecule has 0 heterocycles. The molecular formula is C11H23NO3. The third-order valence-corrected chi connectivity index (χ3v) is 2.20. The molecule has 0 rings (SSSR count). The summed E-state index contributed by atoms with van der Waals surface area (Å²) in [5, 5.41) is 9.11. The lowest BCUT2D eigenvalue weighted by molar-refractivity contribution is -0.147. The minimum atomic E-state index is -0.287. The molecule has 0 aromatic carbocycles. The van der Waals surface area contributed by atoms with Crippen LogP contribution in [0.25, 0.3) is 0 Å². The first-order valence-electron chi connectivity index (χ1n) is 5.50. The van der Waals surface area contributed by atoms with Gasteiger partial charge in [-0.15, -0.1) is 0 Å². The van der Waals surface area contributed by atoms with Gasteiger partial charge in [-0.2, -0.15) is 0 Å². The first kappa shape index (κ1) is 14.4. The number of hydrogen-bond acceptors (Lipinski definition) is 4. The predicted molar refractivity (Wildman–Crippen MR) is 59.6 cm³/mol. The molecule has 2 unspecified atom stereocenters. The van der Waals surface area contributed by atoms with E-state index in [1.54, 1.807) is 6.92 Å². The molecule has 0 aliphatic heterocycles. The normalized spacial score (nSPS) is 15.1. The van der Waals surface area contributed by atoms with E-state index in [1.807, 2.05) is 25.8 Å². The number of ether oxygens (including phenoxy) is 1. The van der Waals surface area contributed by atoms with Crippen LogP contribution < -0.4 is 0 Å². The second-order valence-electron chi connectivity index (χ2n) is 4.05. The molecule has 15 heavy (non-hydrogen) atoms. The number of esters is 1. The summed E-state index contributed by atoms with van der Waals surface area (Å²) in [4.78, 5) is 13.4. The highest BCUT2D eigenvalue weighted by Crippen LogP contribution is 2.02. The Morgan fingerprint density at radius 1 is 1.47 bits per heavy atom. The summed E-state index contributed by atoms with van der Waals surface area (Å²) < 4.78 is 4.92. The van der Waals surface area contributed by atoms with E-state index in [4.69, 9.17) is 9.84 Å². The quantitative estimate of drug-likeness (QED) is 0.643. The molecule has 4 nitrogen and oxygen atoms in total. The number of carbonyl (C=O) groups excluding carboxylic acids is 1. The molecule has 4 heteroatoms. The number of aliphatic hydroxyl groups is 1. The number of rotatable bonds is 7. The van der Waals surface area contributed by atoms with Gasteiger partial charge in [0.2, 0.25) is 0 Å². The fourth-order valence-corrected chi connectivity index (χ4v) is 1.33. The monoisotopic (exact) mass is 217 g/mol. The minimum Gasteiger partial charge on any atom is -0.466 e. The molecule has 0 fully saturated rings. The van der Waals surface area contributed by atoms with Crippen molar-refractivity contribution in [3.8, 4) is 0 Å². The molecule has 1 N–H and O–H groups in total. The van der Waals surface area contributed by atoms with Crippen LogP contribution in [0.3, 0.4) is 0 Å². The molecule has 0 saturated heterocycles. The fraction of sp³-hybridized carbons (Fsp3) is 0.909. The topological polar surface area (TPSA) is 49.8 Å². The summed E-state index contributed by atoms with van der Waals surface area (Å²) in [6.45, 7) is 7.33. The van der Waals surface area contributed by atoms with Crippen molar-refractivity contribution in [3.63, 3.8) is 0 Å². The summed E-state index contributed by atoms with van der Waals surface area (Å²) in [6.07, 6.45) is 0.442. The molecule has 0 radical (unpaired) electrons. The summed E-state index contributed by atoms with van der Waals surface area (Å²) >= 11 is 0. The van der Waals surface area contributed by atoms with Gasteiger partial charge >= 0.3 is 5.97 Å². The van der Waals surface area contributed by atoms with Crippen LogP contribution in [0.1, 0.15) is 27.2 Å². The zero-order valence-corrected chi connectivity index (χ0v) is 10.2. The smallest absolute Gasteiger partial charge is 0.309 e. The average Bonchev–Trinajstić information content (AvgIpc) is 2.15. The number of aliphatic hydroxyl groups excluding tert-OH is 1. The van der Waals surface area contributed by atoms with E-state index in [9.17, 15) is 4.79 Å². The van der Waals surface area contributed by atoms with Crippen molar-refractivity contribution in [3.05, 3.63) is 0 Å². The number of nitrogens with zero attached hydrogens (tertiary/aromatic N) is 1. The summed E-state index contributed by atoms with van der Waals surface area (Å²) in [5.74, 6) is -0.259. The van der Waals surface area contributed by atoms with E-state index in [1.165, 1.54) is 0 Å². The van der Waals surface area contributed by atoms with Crippen LogP contribution in [0.5, 0.6) is 0 Å². The van der Waals surface area contributed by atoms with Crippen LogP contribution in [-0.4, -0.2) is 48.8 Å². The highest BCUT2D eigenvalue weighted by molar-refractivity contribution is 5.72. The standard InChI is InChI=1S/C11H23NO3/c1-5-15-11(14)9(2)8-12(4)7-6-10(3)13/h9-10,13H,5-8H2,1-4H3. The van der Waals surface area contributed by atoms with Crippen molar-refractivity contribution in [1.29, 1.82) is 0 Å². The van der Waals surface area contributed by atoms with Crippen LogP contribution in [-0.2, 0) is 9.53 Å². The minimum absolute atomic E-state index is 0.107. The third-order valence-electron chi connectivity index (χ3n) is 2.20. The first-order chi connectivity index (χ1) is 6.97. The van der Waals surface area contributed by atoms with E-state index in [0.717, 1.165) is 13.0 Å². The predicted octanol–water partition coefficient (Wildman–Crippen LogP) is 0.888. The van der Waals surface area contributed by atoms with Crippen molar-refractivity contribution < 1.29 is 14.6 Å². The zero-order chi connectivity index (χ0) is 11.8. The lowest BCUT2D eigenvalue weighted by Gasteiger charge is -2.20. The van der Waals surface area contributed by atoms with Crippen LogP contribution >= 0.6 is 0 Å². The molecule has 0 amide bonds. The molecule has 0 aliphatic carbocycles. The van der Waals surface area contributed by atoms with Gasteiger partial charge < -0.3 is 14.7 Å². The maximum absolute atomic E-state index is 11.3. The van der Waals surface area contributed by atoms with Gasteiger partial charge in [0.25, 0.3) is 0 Å². The van der Waals surface area contributed by atoms with E-state index in [2.05, 4.69) is 0 Å². The van der Waals surface area contributed by atoms with E-state index in [0.29, 0.717) is 13.2 Å². The van der Waals surface area contributed by atoms with Gasteiger partial charge in [-0.3, -0.25) is 4.79 Å². The number of hydrogen-bond donors (Lipinski definition) is 1. The Balaban J connectivity index is 3.74. The maximum Gasteiger partial charge on any atom is 0.309 e. The Kier molecular flexibility index (Phi) is 7.34. The van der Waals surface area contributed by atoms with Crippen molar-refractivity contribution in [2.24, 2.45) is 5.92 Å². The Bertz CT molecular complexity index is 183. The van der Waals surface area contributed by atoms with Crippen molar-refractivity contribution in [2.45, 2.75) is 33.3 Å². The number of carbonyl (C=O) groups is 1. The maximum atomic E-state index is 11.3. The fourth-order valence-electron chi connectivity index (χ4n) is 1.33. The van der Waals surface area contributed by atoms with Crippen LogP contribution in [0.2, 0.25) is 0 Å². The second kappa shape index (κ2) is 7.65. The van der Waals surface area contributed by atoms with Crippen LogP contribution in [0.15, 0.2) is 0 Å². The lowest BCUT2D eigenvalue weighted by Crippen LogP contribution is -2.31. The van der Waals surface area contributed by atoms with Gasteiger partial charge in [0.1, 0.15) is 0 Å². The van der Waals surface area contributed by atoms with Crippen molar-refractivity contribution in [1.82, 2.24) is 4.90 Å². The van der Waals surface area contributed by atoms with Gasteiger partial charge in [0, 0.05) is 13.1 Å². The molecule has 0 aromatic rings. The van der Waals surface area contributed by atoms with E-state index < -0.39 is 0 Å². The summed E-state index contributed by atoms with van der Waals surface area (Å²) in [7, 11) is 1.94. The largest absolute Gasteiger partial charge is 0.466 e. The van der Waals surface area contributed by atoms with Crippen LogP contribution in [0, 0.1) is 5.92 Å². The Morgan fingerprint density at radius 2 is 2.07 bits per heavy atom. The van der Waals surface area contributed by atoms with Crippen LogP contribution in [0.4, 0.5) is 0 Å². The molecule has 0 saturated carbocycles. The Labute approximate surface area is 92.2 Å². The molecule has 90 valence electrons.